The summed E-state index contributed by atoms with van der Waals surface area (Å²) in [5.41, 5.74) is 15.5. The van der Waals surface area contributed by atoms with Gasteiger partial charge in [-0.25, -0.2) is 4.79 Å². The Balaban J connectivity index is 2.68. The molecule has 0 bridgehead atoms. The minimum absolute atomic E-state index is 0.245. The van der Waals surface area contributed by atoms with Gasteiger partial charge in [-0.1, -0.05) is 0 Å². The molecule has 0 saturated carbocycles. The van der Waals surface area contributed by atoms with Crippen LogP contribution < -0.4 is 27.8 Å². The van der Waals surface area contributed by atoms with Gasteiger partial charge in [-0.05, 0) is 12.8 Å². The van der Waals surface area contributed by atoms with E-state index in [0.29, 0.717) is 12.8 Å². The van der Waals surface area contributed by atoms with Crippen LogP contribution in [0.4, 0.5) is 0 Å². The molecule has 0 aromatic heterocycles. The van der Waals surface area contributed by atoms with E-state index < -0.39 is 73.0 Å². The van der Waals surface area contributed by atoms with Gasteiger partial charge in [-0.15, -0.1) is 0 Å². The molecule has 13 heteroatoms. The number of carboxylic acid groups (broad SMARTS) is 1. The van der Waals surface area contributed by atoms with Crippen molar-refractivity contribution in [1.82, 2.24) is 15.5 Å². The number of nitrogens with one attached hydrogen (secondary N) is 2. The van der Waals surface area contributed by atoms with Crippen LogP contribution in [0.2, 0.25) is 0 Å². The standard InChI is InChI=1S/C15H24N6O7/c16-7(4-10(17)22)13(25)20-8(5-11(18)23)14(26)19-6-12(24)21-3-1-2-9(21)15(27)28/h7-9H,1-6,16H2,(H2,17,22)(H2,18,23)(H,19,26)(H,20,25)(H,27,28)/t7-,8-,9-/m0/s1. The highest BCUT2D eigenvalue weighted by atomic mass is 16.4. The Morgan fingerprint density at radius 3 is 2.18 bits per heavy atom. The number of hydrogen-bond acceptors (Lipinski definition) is 7. The minimum atomic E-state index is -1.43. The Kier molecular flexibility index (Phi) is 8.31. The number of primary amides is 2. The lowest BCUT2D eigenvalue weighted by atomic mass is 10.1. The van der Waals surface area contributed by atoms with Crippen molar-refractivity contribution in [3.8, 4) is 0 Å². The summed E-state index contributed by atoms with van der Waals surface area (Å²) in [5.74, 6) is -5.29. The van der Waals surface area contributed by atoms with Gasteiger partial charge in [0, 0.05) is 6.54 Å². The van der Waals surface area contributed by atoms with Crippen molar-refractivity contribution in [2.75, 3.05) is 13.1 Å². The number of likely N-dealkylation sites (tertiary alicyclic amines) is 1. The highest BCUT2D eigenvalue weighted by Crippen LogP contribution is 2.17. The lowest BCUT2D eigenvalue weighted by Gasteiger charge is -2.23. The maximum absolute atomic E-state index is 12.2. The zero-order chi connectivity index (χ0) is 21.4. The molecule has 13 nitrogen and oxygen atoms in total. The molecule has 0 radical (unpaired) electrons. The van der Waals surface area contributed by atoms with Crippen molar-refractivity contribution >= 4 is 35.5 Å². The second-order valence-electron chi connectivity index (χ2n) is 6.31. The summed E-state index contributed by atoms with van der Waals surface area (Å²) in [6, 6.07) is -3.72. The molecule has 0 spiro atoms. The predicted molar refractivity (Wildman–Crippen MR) is 92.9 cm³/mol. The average molecular weight is 400 g/mol. The van der Waals surface area contributed by atoms with E-state index in [-0.39, 0.29) is 6.54 Å². The molecule has 1 fully saturated rings. The number of aliphatic carboxylic acids is 1. The van der Waals surface area contributed by atoms with Crippen LogP contribution in [-0.2, 0) is 28.8 Å². The maximum Gasteiger partial charge on any atom is 0.326 e. The summed E-state index contributed by atoms with van der Waals surface area (Å²) in [6.07, 6.45) is -0.209. The largest absolute Gasteiger partial charge is 0.480 e. The van der Waals surface area contributed by atoms with Crippen LogP contribution in [0.3, 0.4) is 0 Å². The molecule has 1 heterocycles. The second kappa shape index (κ2) is 10.2. The van der Waals surface area contributed by atoms with Gasteiger partial charge in [-0.2, -0.15) is 0 Å². The fraction of sp³-hybridized carbons (Fsp3) is 0.600. The van der Waals surface area contributed by atoms with Gasteiger partial charge in [0.2, 0.25) is 29.5 Å². The summed E-state index contributed by atoms with van der Waals surface area (Å²) in [6.45, 7) is -0.282. The zero-order valence-corrected chi connectivity index (χ0v) is 15.1. The van der Waals surface area contributed by atoms with Gasteiger partial charge in [-0.3, -0.25) is 24.0 Å². The molecule has 0 aromatic rings. The number of rotatable bonds is 10. The van der Waals surface area contributed by atoms with Crippen molar-refractivity contribution in [1.29, 1.82) is 0 Å². The highest BCUT2D eigenvalue weighted by molar-refractivity contribution is 5.96. The number of carboxylic acids is 1. The third-order valence-corrected chi connectivity index (χ3v) is 4.07. The van der Waals surface area contributed by atoms with Crippen LogP contribution in [-0.4, -0.2) is 76.7 Å². The molecular weight excluding hydrogens is 376 g/mol. The minimum Gasteiger partial charge on any atom is -0.480 e. The van der Waals surface area contributed by atoms with E-state index in [4.69, 9.17) is 22.3 Å². The SMILES string of the molecule is NC(=O)C[C@H](NC(=O)[C@@H](N)CC(N)=O)C(=O)NCC(=O)N1CCC[C@H]1C(=O)O. The quantitative estimate of drug-likeness (QED) is 0.210. The number of carbonyl (C=O) groups excluding carboxylic acids is 5. The molecule has 1 aliphatic rings. The number of amides is 5. The molecule has 28 heavy (non-hydrogen) atoms. The van der Waals surface area contributed by atoms with Gasteiger partial charge < -0.3 is 37.8 Å². The topological polar surface area (TPSA) is 228 Å². The summed E-state index contributed by atoms with van der Waals surface area (Å²) < 4.78 is 0. The van der Waals surface area contributed by atoms with Crippen molar-refractivity contribution in [3.05, 3.63) is 0 Å². The number of nitrogens with two attached hydrogens (primary N) is 3. The summed E-state index contributed by atoms with van der Waals surface area (Å²) in [7, 11) is 0. The molecular formula is C15H24N6O7. The van der Waals surface area contributed by atoms with E-state index in [0.717, 1.165) is 4.90 Å². The molecule has 1 rings (SSSR count). The zero-order valence-electron chi connectivity index (χ0n) is 15.1. The fourth-order valence-corrected chi connectivity index (χ4v) is 2.71. The molecule has 0 aliphatic carbocycles. The molecule has 3 atom stereocenters. The van der Waals surface area contributed by atoms with Gasteiger partial charge in [0.15, 0.2) is 0 Å². The predicted octanol–water partition coefficient (Wildman–Crippen LogP) is -4.26. The van der Waals surface area contributed by atoms with Crippen molar-refractivity contribution in [2.24, 2.45) is 17.2 Å². The lowest BCUT2D eigenvalue weighted by molar-refractivity contribution is -0.148. The molecule has 5 amide bonds. The Bertz CT molecular complexity index is 667. The molecule has 9 N–H and O–H groups in total. The molecule has 156 valence electrons. The third kappa shape index (κ3) is 6.83. The van der Waals surface area contributed by atoms with Gasteiger partial charge in [0.1, 0.15) is 12.1 Å². The molecule has 0 unspecified atom stereocenters. The second-order valence-corrected chi connectivity index (χ2v) is 6.31. The third-order valence-electron chi connectivity index (χ3n) is 4.07. The van der Waals surface area contributed by atoms with E-state index in [1.165, 1.54) is 0 Å². The molecule has 1 aliphatic heterocycles. The first-order chi connectivity index (χ1) is 13.0. The Hall–Kier alpha value is -3.22. The fourth-order valence-electron chi connectivity index (χ4n) is 2.71. The van der Waals surface area contributed by atoms with Crippen LogP contribution in [0, 0.1) is 0 Å². The summed E-state index contributed by atoms with van der Waals surface area (Å²) >= 11 is 0. The van der Waals surface area contributed by atoms with Crippen molar-refractivity contribution in [2.45, 2.75) is 43.8 Å². The Morgan fingerprint density at radius 1 is 1.04 bits per heavy atom. The lowest BCUT2D eigenvalue weighted by Crippen LogP contribution is -2.54. The van der Waals surface area contributed by atoms with Crippen LogP contribution in [0.15, 0.2) is 0 Å². The van der Waals surface area contributed by atoms with Gasteiger partial charge >= 0.3 is 5.97 Å². The van der Waals surface area contributed by atoms with Crippen LogP contribution in [0.1, 0.15) is 25.7 Å². The first-order valence-electron chi connectivity index (χ1n) is 8.45. The normalized spacial score (nSPS) is 18.0. The first-order valence-corrected chi connectivity index (χ1v) is 8.45. The number of hydrogen-bond donors (Lipinski definition) is 6. The first kappa shape index (κ1) is 22.8. The Morgan fingerprint density at radius 2 is 1.64 bits per heavy atom. The smallest absolute Gasteiger partial charge is 0.326 e. The van der Waals surface area contributed by atoms with Crippen LogP contribution in [0.25, 0.3) is 0 Å². The number of carbonyl (C=O) groups is 6. The van der Waals surface area contributed by atoms with E-state index in [1.807, 2.05) is 0 Å². The average Bonchev–Trinajstić information content (AvgIpc) is 3.07. The van der Waals surface area contributed by atoms with Crippen LogP contribution >= 0.6 is 0 Å². The van der Waals surface area contributed by atoms with E-state index in [9.17, 15) is 28.8 Å². The number of nitrogens with zero attached hydrogens (tertiary/aromatic N) is 1. The van der Waals surface area contributed by atoms with Crippen molar-refractivity contribution < 1.29 is 33.9 Å². The Labute approximate surface area is 159 Å². The summed E-state index contributed by atoms with van der Waals surface area (Å²) in [5, 5.41) is 13.5. The van der Waals surface area contributed by atoms with E-state index in [2.05, 4.69) is 10.6 Å². The molecule has 1 saturated heterocycles. The van der Waals surface area contributed by atoms with E-state index in [1.54, 1.807) is 0 Å². The van der Waals surface area contributed by atoms with E-state index >= 15 is 0 Å². The van der Waals surface area contributed by atoms with Crippen molar-refractivity contribution in [3.63, 3.8) is 0 Å². The monoisotopic (exact) mass is 400 g/mol. The molecule has 0 aromatic carbocycles. The van der Waals surface area contributed by atoms with Gasteiger partial charge in [0.05, 0.1) is 25.4 Å². The highest BCUT2D eigenvalue weighted by Gasteiger charge is 2.34. The summed E-state index contributed by atoms with van der Waals surface area (Å²) in [4.78, 5) is 70.5. The maximum atomic E-state index is 12.2. The van der Waals surface area contributed by atoms with Gasteiger partial charge in [0.25, 0.3) is 0 Å². The van der Waals surface area contributed by atoms with Crippen LogP contribution in [0.5, 0.6) is 0 Å².